The fraction of sp³-hybridized carbons (Fsp3) is 0.750. The highest BCUT2D eigenvalue weighted by Crippen LogP contribution is 2.30. The zero-order valence-corrected chi connectivity index (χ0v) is 15.5. The first-order chi connectivity index (χ1) is 12.4. The van der Waals surface area contributed by atoms with Crippen LogP contribution in [0.4, 0.5) is 0 Å². The fourth-order valence-electron chi connectivity index (χ4n) is 2.93. The van der Waals surface area contributed by atoms with Crippen LogP contribution >= 0.6 is 0 Å². The Morgan fingerprint density at radius 1 is 1.38 bits per heavy atom. The maximum Gasteiger partial charge on any atom is 0.333 e. The van der Waals surface area contributed by atoms with Gasteiger partial charge in [0.2, 0.25) is 5.91 Å². The molecule has 1 aliphatic rings. The highest BCUT2D eigenvalue weighted by molar-refractivity contribution is 5.89. The van der Waals surface area contributed by atoms with Gasteiger partial charge in [-0.05, 0) is 37.8 Å². The Balaban J connectivity index is 3.37. The van der Waals surface area contributed by atoms with Gasteiger partial charge in [-0.3, -0.25) is 4.79 Å². The van der Waals surface area contributed by atoms with Gasteiger partial charge in [-0.1, -0.05) is 19.0 Å². The number of nitroso groups, excluding NO2 is 1. The molecular weight excluding hydrogens is 342 g/mol. The predicted octanol–water partition coefficient (Wildman–Crippen LogP) is 3.03. The van der Waals surface area contributed by atoms with Gasteiger partial charge in [-0.2, -0.15) is 5.01 Å². The molecule has 0 aromatic carbocycles. The van der Waals surface area contributed by atoms with E-state index < -0.39 is 30.1 Å². The van der Waals surface area contributed by atoms with Crippen LogP contribution in [0.25, 0.3) is 10.4 Å². The van der Waals surface area contributed by atoms with Crippen molar-refractivity contribution in [2.75, 3.05) is 6.61 Å². The van der Waals surface area contributed by atoms with Gasteiger partial charge in [0.25, 0.3) is 0 Å². The van der Waals surface area contributed by atoms with Crippen LogP contribution in [0.3, 0.4) is 0 Å². The molecule has 0 spiro atoms. The van der Waals surface area contributed by atoms with E-state index in [1.807, 2.05) is 13.8 Å². The summed E-state index contributed by atoms with van der Waals surface area (Å²) >= 11 is 0. The lowest BCUT2D eigenvalue weighted by Gasteiger charge is -2.38. The third-order valence-electron chi connectivity index (χ3n) is 4.22. The Bertz CT molecular complexity index is 598. The fourth-order valence-corrected chi connectivity index (χ4v) is 2.93. The number of carbonyl (C=O) groups excluding carboxylic acids is 2. The van der Waals surface area contributed by atoms with E-state index in [1.54, 1.807) is 6.92 Å². The van der Waals surface area contributed by atoms with Crippen LogP contribution < -0.4 is 0 Å². The van der Waals surface area contributed by atoms with Crippen molar-refractivity contribution >= 4 is 11.9 Å². The first-order valence-corrected chi connectivity index (χ1v) is 8.63. The topological polar surface area (TPSA) is 134 Å². The Labute approximate surface area is 152 Å². The van der Waals surface area contributed by atoms with Gasteiger partial charge >= 0.3 is 5.97 Å². The van der Waals surface area contributed by atoms with Gasteiger partial charge in [0.15, 0.2) is 0 Å². The zero-order chi connectivity index (χ0) is 19.7. The van der Waals surface area contributed by atoms with Crippen LogP contribution in [0.15, 0.2) is 22.0 Å². The van der Waals surface area contributed by atoms with E-state index in [9.17, 15) is 14.5 Å². The summed E-state index contributed by atoms with van der Waals surface area (Å²) in [5, 5.41) is 7.17. The number of ether oxygens (including phenoxy) is 2. The van der Waals surface area contributed by atoms with E-state index in [0.717, 1.165) is 0 Å². The molecule has 1 rings (SSSR count). The summed E-state index contributed by atoms with van der Waals surface area (Å²) in [6.07, 6.45) is 1.96. The molecule has 0 aromatic heterocycles. The molecular formula is C16H25N5O5. The average molecular weight is 367 g/mol. The normalized spacial score (nSPS) is 22.2. The molecule has 10 nitrogen and oxygen atoms in total. The minimum atomic E-state index is -0.931. The summed E-state index contributed by atoms with van der Waals surface area (Å²) in [6, 6.07) is -1.81. The molecule has 3 atom stereocenters. The Kier molecular flexibility index (Phi) is 8.74. The number of amides is 1. The average Bonchev–Trinajstić information content (AvgIpc) is 2.61. The number of hydrogen-bond donors (Lipinski definition) is 0. The zero-order valence-electron chi connectivity index (χ0n) is 15.5. The van der Waals surface area contributed by atoms with Crippen molar-refractivity contribution in [2.45, 2.75) is 71.2 Å². The van der Waals surface area contributed by atoms with Crippen molar-refractivity contribution in [3.8, 4) is 0 Å². The number of carbonyl (C=O) groups is 2. The Morgan fingerprint density at radius 2 is 2.04 bits per heavy atom. The lowest BCUT2D eigenvalue weighted by atomic mass is 9.87. The maximum atomic E-state index is 12.2. The number of azide groups is 1. The van der Waals surface area contributed by atoms with Crippen molar-refractivity contribution in [1.82, 2.24) is 5.01 Å². The molecule has 0 aromatic rings. The molecule has 0 saturated carbocycles. The van der Waals surface area contributed by atoms with Crippen molar-refractivity contribution in [2.24, 2.45) is 10.4 Å². The number of rotatable bonds is 9. The van der Waals surface area contributed by atoms with Gasteiger partial charge in [0.05, 0.1) is 36.2 Å². The lowest BCUT2D eigenvalue weighted by molar-refractivity contribution is -0.140. The van der Waals surface area contributed by atoms with Gasteiger partial charge in [0, 0.05) is 17.4 Å². The van der Waals surface area contributed by atoms with Crippen LogP contribution in [0.5, 0.6) is 0 Å². The monoisotopic (exact) mass is 367 g/mol. The molecule has 0 bridgehead atoms. The second kappa shape index (κ2) is 10.5. The van der Waals surface area contributed by atoms with E-state index in [1.165, 1.54) is 13.0 Å². The first kappa shape index (κ1) is 21.6. The third kappa shape index (κ3) is 5.27. The van der Waals surface area contributed by atoms with Crippen molar-refractivity contribution in [1.29, 1.82) is 0 Å². The molecule has 1 aliphatic carbocycles. The van der Waals surface area contributed by atoms with Crippen molar-refractivity contribution in [3.63, 3.8) is 0 Å². The smallest absolute Gasteiger partial charge is 0.333 e. The summed E-state index contributed by atoms with van der Waals surface area (Å²) in [5.41, 5.74) is 9.17. The summed E-state index contributed by atoms with van der Waals surface area (Å²) in [7, 11) is 0. The van der Waals surface area contributed by atoms with E-state index in [0.29, 0.717) is 17.9 Å². The van der Waals surface area contributed by atoms with Crippen LogP contribution in [0.1, 0.15) is 47.0 Å². The minimum absolute atomic E-state index is 0.0234. The van der Waals surface area contributed by atoms with Crippen molar-refractivity contribution in [3.05, 3.63) is 27.0 Å². The summed E-state index contributed by atoms with van der Waals surface area (Å²) in [4.78, 5) is 38.0. The predicted molar refractivity (Wildman–Crippen MR) is 93.6 cm³/mol. The molecule has 26 heavy (non-hydrogen) atoms. The summed E-state index contributed by atoms with van der Waals surface area (Å²) in [6.45, 7) is 6.94. The van der Waals surface area contributed by atoms with Crippen LogP contribution in [0, 0.1) is 4.91 Å². The summed E-state index contributed by atoms with van der Waals surface area (Å²) in [5.74, 6) is -1.15. The molecule has 0 radical (unpaired) electrons. The number of esters is 1. The quantitative estimate of drug-likeness (QED) is 0.154. The summed E-state index contributed by atoms with van der Waals surface area (Å²) < 4.78 is 11.0. The van der Waals surface area contributed by atoms with E-state index >= 15 is 0 Å². The molecule has 1 amide bonds. The first-order valence-electron chi connectivity index (χ1n) is 8.63. The second-order valence-corrected chi connectivity index (χ2v) is 5.86. The largest absolute Gasteiger partial charge is 0.463 e. The van der Waals surface area contributed by atoms with Crippen LogP contribution in [-0.4, -0.2) is 47.8 Å². The number of nitrogens with zero attached hydrogens (tertiary/aromatic N) is 5. The van der Waals surface area contributed by atoms with Gasteiger partial charge in [0.1, 0.15) is 0 Å². The molecule has 0 aliphatic heterocycles. The SMILES string of the molecule is CCOC(=O)C1=C[C@@H](OC(CC)CC)[C@@H](N(N=O)C(C)=O)[C@@H](N=[N+]=[N-])C1. The standard InChI is InChI=1S/C16H25N5O5/c1-5-12(6-2)26-14-9-11(16(23)25-7-3)8-13(18-19-17)15(14)21(20-24)10(4)22/h9,12-15H,5-8H2,1-4H3/t13-,14+,15-/m0/s1. The van der Waals surface area contributed by atoms with Crippen molar-refractivity contribution < 1.29 is 19.1 Å². The minimum Gasteiger partial charge on any atom is -0.463 e. The molecule has 0 N–H and O–H groups in total. The Hall–Kier alpha value is -2.45. The maximum absolute atomic E-state index is 12.2. The Morgan fingerprint density at radius 3 is 2.50 bits per heavy atom. The van der Waals surface area contributed by atoms with E-state index in [-0.39, 0.29) is 24.7 Å². The van der Waals surface area contributed by atoms with E-state index in [2.05, 4.69) is 15.3 Å². The highest BCUT2D eigenvalue weighted by atomic mass is 16.5. The molecule has 10 heteroatoms. The van der Waals surface area contributed by atoms with Gasteiger partial charge in [-0.15, -0.1) is 4.91 Å². The molecule has 0 saturated heterocycles. The van der Waals surface area contributed by atoms with E-state index in [4.69, 9.17) is 15.0 Å². The third-order valence-corrected chi connectivity index (χ3v) is 4.22. The van der Waals surface area contributed by atoms with Crippen LogP contribution in [0.2, 0.25) is 0 Å². The molecule has 144 valence electrons. The molecule has 0 heterocycles. The van der Waals surface area contributed by atoms with Gasteiger partial charge in [-0.25, -0.2) is 4.79 Å². The highest BCUT2D eigenvalue weighted by Gasteiger charge is 2.42. The van der Waals surface area contributed by atoms with Gasteiger partial charge < -0.3 is 9.47 Å². The molecule has 0 fully saturated rings. The number of hydrogen-bond acceptors (Lipinski definition) is 7. The van der Waals surface area contributed by atoms with Crippen LogP contribution in [-0.2, 0) is 19.1 Å². The molecule has 0 unspecified atom stereocenters. The lowest BCUT2D eigenvalue weighted by Crippen LogP contribution is -2.53. The second-order valence-electron chi connectivity index (χ2n) is 5.86.